The molecule has 0 amide bonds. The summed E-state index contributed by atoms with van der Waals surface area (Å²) in [5, 5.41) is 0. The van der Waals surface area contributed by atoms with Crippen molar-refractivity contribution in [3.8, 4) is 11.4 Å². The van der Waals surface area contributed by atoms with Gasteiger partial charge in [-0.1, -0.05) is 6.07 Å². The van der Waals surface area contributed by atoms with E-state index in [0.717, 1.165) is 11.4 Å². The van der Waals surface area contributed by atoms with E-state index in [1.54, 1.807) is 29.9 Å². The van der Waals surface area contributed by atoms with E-state index >= 15 is 0 Å². The number of carbonyl (C=O) groups excluding carboxylic acids is 1. The number of esters is 1. The van der Waals surface area contributed by atoms with Crippen LogP contribution in [0.3, 0.4) is 0 Å². The Kier molecular flexibility index (Phi) is 3.12. The molecule has 3 aromatic heterocycles. The van der Waals surface area contributed by atoms with Crippen molar-refractivity contribution in [2.45, 2.75) is 6.92 Å². The fourth-order valence-electron chi connectivity index (χ4n) is 1.92. The zero-order chi connectivity index (χ0) is 13.9. The lowest BCUT2D eigenvalue weighted by atomic mass is 10.2. The summed E-state index contributed by atoms with van der Waals surface area (Å²) in [5.74, 6) is -0.0128. The van der Waals surface area contributed by atoms with Crippen molar-refractivity contribution in [3.05, 3.63) is 48.5 Å². The van der Waals surface area contributed by atoms with E-state index in [2.05, 4.69) is 15.0 Å². The first kappa shape index (κ1) is 12.3. The molecule has 3 heterocycles. The maximum atomic E-state index is 11.7. The molecule has 6 heteroatoms. The Bertz CT molecular complexity index is 752. The molecule has 0 saturated heterocycles. The van der Waals surface area contributed by atoms with Crippen LogP contribution in [-0.4, -0.2) is 31.9 Å². The first-order chi connectivity index (χ1) is 9.79. The highest BCUT2D eigenvalue weighted by atomic mass is 16.5. The SMILES string of the molecule is CCOC(=O)c1cn2c(-c3ccccn3)ccnc2n1. The number of imidazole rings is 1. The Balaban J connectivity index is 2.13. The average Bonchev–Trinajstić information content (AvgIpc) is 2.92. The van der Waals surface area contributed by atoms with Gasteiger partial charge in [0.05, 0.1) is 18.0 Å². The Morgan fingerprint density at radius 2 is 2.15 bits per heavy atom. The Hall–Kier alpha value is -2.76. The Labute approximate surface area is 115 Å². The monoisotopic (exact) mass is 268 g/mol. The highest BCUT2D eigenvalue weighted by Crippen LogP contribution is 2.17. The van der Waals surface area contributed by atoms with Gasteiger partial charge in [0.25, 0.3) is 0 Å². The molecule has 0 radical (unpaired) electrons. The van der Waals surface area contributed by atoms with Crippen LogP contribution in [0, 0.1) is 0 Å². The van der Waals surface area contributed by atoms with Crippen LogP contribution >= 0.6 is 0 Å². The number of rotatable bonds is 3. The first-order valence-electron chi connectivity index (χ1n) is 6.22. The summed E-state index contributed by atoms with van der Waals surface area (Å²) in [6.07, 6.45) is 4.97. The molecular weight excluding hydrogens is 256 g/mol. The predicted octanol–water partition coefficient (Wildman–Crippen LogP) is 1.97. The van der Waals surface area contributed by atoms with Crippen molar-refractivity contribution in [3.63, 3.8) is 0 Å². The zero-order valence-corrected chi connectivity index (χ0v) is 10.9. The number of hydrogen-bond acceptors (Lipinski definition) is 5. The molecule has 0 aliphatic heterocycles. The molecule has 3 rings (SSSR count). The molecule has 0 saturated carbocycles. The Morgan fingerprint density at radius 3 is 2.90 bits per heavy atom. The van der Waals surface area contributed by atoms with Crippen molar-refractivity contribution in [2.24, 2.45) is 0 Å². The molecule has 0 unspecified atom stereocenters. The van der Waals surface area contributed by atoms with Gasteiger partial charge in [-0.2, -0.15) is 0 Å². The summed E-state index contributed by atoms with van der Waals surface area (Å²) in [4.78, 5) is 24.3. The minimum absolute atomic E-state index is 0.239. The van der Waals surface area contributed by atoms with E-state index in [-0.39, 0.29) is 5.69 Å². The number of fused-ring (bicyclic) bond motifs is 1. The molecular formula is C14H12N4O2. The van der Waals surface area contributed by atoms with Gasteiger partial charge in [-0.3, -0.25) is 9.38 Å². The second kappa shape index (κ2) is 5.08. The number of nitrogens with zero attached hydrogens (tertiary/aromatic N) is 4. The number of aromatic nitrogens is 4. The van der Waals surface area contributed by atoms with Gasteiger partial charge in [-0.25, -0.2) is 14.8 Å². The predicted molar refractivity (Wildman–Crippen MR) is 72.2 cm³/mol. The zero-order valence-electron chi connectivity index (χ0n) is 10.9. The molecule has 0 atom stereocenters. The van der Waals surface area contributed by atoms with Gasteiger partial charge >= 0.3 is 5.97 Å². The topological polar surface area (TPSA) is 69.4 Å². The number of pyridine rings is 1. The van der Waals surface area contributed by atoms with Crippen LogP contribution in [0.15, 0.2) is 42.9 Å². The van der Waals surface area contributed by atoms with Gasteiger partial charge in [0.2, 0.25) is 5.78 Å². The van der Waals surface area contributed by atoms with Crippen molar-refractivity contribution >= 4 is 11.7 Å². The molecule has 0 spiro atoms. The minimum Gasteiger partial charge on any atom is -0.461 e. The molecule has 0 aliphatic rings. The molecule has 100 valence electrons. The van der Waals surface area contributed by atoms with Gasteiger partial charge in [0, 0.05) is 18.6 Å². The van der Waals surface area contributed by atoms with Gasteiger partial charge in [0.1, 0.15) is 0 Å². The summed E-state index contributed by atoms with van der Waals surface area (Å²) in [6.45, 7) is 2.07. The number of ether oxygens (including phenoxy) is 1. The highest BCUT2D eigenvalue weighted by Gasteiger charge is 2.14. The van der Waals surface area contributed by atoms with E-state index in [1.807, 2.05) is 24.3 Å². The summed E-state index contributed by atoms with van der Waals surface area (Å²) < 4.78 is 6.68. The van der Waals surface area contributed by atoms with Crippen LogP contribution in [0.25, 0.3) is 17.2 Å². The summed E-state index contributed by atoms with van der Waals surface area (Å²) in [7, 11) is 0. The van der Waals surface area contributed by atoms with E-state index in [4.69, 9.17) is 4.74 Å². The van der Waals surface area contributed by atoms with E-state index < -0.39 is 5.97 Å². The molecule has 0 N–H and O–H groups in total. The quantitative estimate of drug-likeness (QED) is 0.679. The smallest absolute Gasteiger partial charge is 0.358 e. The van der Waals surface area contributed by atoms with Gasteiger partial charge in [-0.15, -0.1) is 0 Å². The molecule has 0 fully saturated rings. The number of hydrogen-bond donors (Lipinski definition) is 0. The lowest BCUT2D eigenvalue weighted by molar-refractivity contribution is 0.0520. The Morgan fingerprint density at radius 1 is 1.25 bits per heavy atom. The molecule has 0 aromatic carbocycles. The molecule has 6 nitrogen and oxygen atoms in total. The van der Waals surface area contributed by atoms with Crippen LogP contribution in [-0.2, 0) is 4.74 Å². The fourth-order valence-corrected chi connectivity index (χ4v) is 1.92. The van der Waals surface area contributed by atoms with Crippen molar-refractivity contribution < 1.29 is 9.53 Å². The van der Waals surface area contributed by atoms with Crippen LogP contribution in [0.5, 0.6) is 0 Å². The second-order valence-electron chi connectivity index (χ2n) is 4.06. The average molecular weight is 268 g/mol. The molecule has 3 aromatic rings. The van der Waals surface area contributed by atoms with Crippen LogP contribution in [0.2, 0.25) is 0 Å². The molecule has 0 bridgehead atoms. The van der Waals surface area contributed by atoms with Crippen LogP contribution in [0.1, 0.15) is 17.4 Å². The van der Waals surface area contributed by atoms with E-state index in [0.29, 0.717) is 12.4 Å². The highest BCUT2D eigenvalue weighted by molar-refractivity contribution is 5.88. The van der Waals surface area contributed by atoms with Crippen molar-refractivity contribution in [1.82, 2.24) is 19.4 Å². The second-order valence-corrected chi connectivity index (χ2v) is 4.06. The third-order valence-corrected chi connectivity index (χ3v) is 2.78. The summed E-state index contributed by atoms with van der Waals surface area (Å²) in [6, 6.07) is 7.46. The fraction of sp³-hybridized carbons (Fsp3) is 0.143. The first-order valence-corrected chi connectivity index (χ1v) is 6.22. The summed E-state index contributed by atoms with van der Waals surface area (Å²) >= 11 is 0. The maximum absolute atomic E-state index is 11.7. The normalized spacial score (nSPS) is 10.7. The maximum Gasteiger partial charge on any atom is 0.358 e. The standard InChI is InChI=1S/C14H12N4O2/c1-2-20-13(19)11-9-18-12(6-8-16-14(18)17-11)10-5-3-4-7-15-10/h3-9H,2H2,1H3. The van der Waals surface area contributed by atoms with Gasteiger partial charge in [0.15, 0.2) is 5.69 Å². The van der Waals surface area contributed by atoms with Crippen molar-refractivity contribution in [2.75, 3.05) is 6.61 Å². The van der Waals surface area contributed by atoms with Gasteiger partial charge < -0.3 is 4.74 Å². The van der Waals surface area contributed by atoms with Crippen LogP contribution < -0.4 is 0 Å². The van der Waals surface area contributed by atoms with Crippen molar-refractivity contribution in [1.29, 1.82) is 0 Å². The van der Waals surface area contributed by atoms with Gasteiger partial charge in [-0.05, 0) is 25.1 Å². The molecule has 20 heavy (non-hydrogen) atoms. The van der Waals surface area contributed by atoms with E-state index in [1.165, 1.54) is 0 Å². The molecule has 0 aliphatic carbocycles. The van der Waals surface area contributed by atoms with Crippen LogP contribution in [0.4, 0.5) is 0 Å². The lowest BCUT2D eigenvalue weighted by Gasteiger charge is -2.02. The number of carbonyl (C=O) groups is 1. The van der Waals surface area contributed by atoms with E-state index in [9.17, 15) is 4.79 Å². The third-order valence-electron chi connectivity index (χ3n) is 2.78. The summed E-state index contributed by atoms with van der Waals surface area (Å²) in [5.41, 5.74) is 1.84. The largest absolute Gasteiger partial charge is 0.461 e. The third kappa shape index (κ3) is 2.11. The minimum atomic E-state index is -0.454. The lowest BCUT2D eigenvalue weighted by Crippen LogP contribution is -2.04.